The van der Waals surface area contributed by atoms with Crippen molar-refractivity contribution in [3.63, 3.8) is 0 Å². The summed E-state index contributed by atoms with van der Waals surface area (Å²) in [5.41, 5.74) is 0.730. The largest absolute Gasteiger partial charge is 0.345 e. The number of nitrogens with one attached hydrogen (secondary N) is 2. The summed E-state index contributed by atoms with van der Waals surface area (Å²) >= 11 is 6.28. The molecule has 2 heterocycles. The maximum Gasteiger partial charge on any atom is 0.291 e. The first-order chi connectivity index (χ1) is 11.6. The number of rotatable bonds is 4. The van der Waals surface area contributed by atoms with Gasteiger partial charge in [0.05, 0.1) is 10.7 Å². The SMILES string of the molecule is CC(C)c1nc(C(=O)N[C@H]2CCCNC2)nn1-c1ccccc1Cl.Cl. The highest BCUT2D eigenvalue weighted by molar-refractivity contribution is 6.32. The summed E-state index contributed by atoms with van der Waals surface area (Å²) in [4.78, 5) is 17.0. The smallest absolute Gasteiger partial charge is 0.291 e. The number of piperidine rings is 1. The van der Waals surface area contributed by atoms with Gasteiger partial charge in [-0.2, -0.15) is 0 Å². The number of halogens is 2. The molecule has 1 aliphatic rings. The lowest BCUT2D eigenvalue weighted by Crippen LogP contribution is -2.45. The molecule has 0 spiro atoms. The Balaban J connectivity index is 0.00000225. The summed E-state index contributed by atoms with van der Waals surface area (Å²) in [6.45, 7) is 5.82. The molecule has 25 heavy (non-hydrogen) atoms. The summed E-state index contributed by atoms with van der Waals surface area (Å²) in [5, 5.41) is 11.3. The van der Waals surface area contributed by atoms with E-state index in [1.807, 2.05) is 32.0 Å². The Morgan fingerprint density at radius 3 is 2.80 bits per heavy atom. The third-order valence-electron chi connectivity index (χ3n) is 4.06. The third kappa shape index (κ3) is 4.51. The van der Waals surface area contributed by atoms with Crippen molar-refractivity contribution in [3.05, 3.63) is 40.9 Å². The summed E-state index contributed by atoms with van der Waals surface area (Å²) in [6, 6.07) is 7.55. The number of nitrogens with zero attached hydrogens (tertiary/aromatic N) is 3. The first kappa shape index (κ1) is 19.7. The number of aromatic nitrogens is 3. The molecule has 1 fully saturated rings. The van der Waals surface area contributed by atoms with E-state index in [1.54, 1.807) is 10.7 Å². The Morgan fingerprint density at radius 1 is 1.40 bits per heavy atom. The molecular formula is C17H23Cl2N5O. The van der Waals surface area contributed by atoms with Crippen LogP contribution in [0.2, 0.25) is 5.02 Å². The van der Waals surface area contributed by atoms with Crippen LogP contribution in [0.5, 0.6) is 0 Å². The van der Waals surface area contributed by atoms with E-state index in [1.165, 1.54) is 0 Å². The van der Waals surface area contributed by atoms with E-state index >= 15 is 0 Å². The van der Waals surface area contributed by atoms with E-state index in [9.17, 15) is 4.79 Å². The Bertz CT molecular complexity index is 726. The molecule has 0 saturated carbocycles. The van der Waals surface area contributed by atoms with Crippen molar-refractivity contribution < 1.29 is 4.79 Å². The van der Waals surface area contributed by atoms with Gasteiger partial charge >= 0.3 is 0 Å². The van der Waals surface area contributed by atoms with Crippen LogP contribution in [0, 0.1) is 0 Å². The highest BCUT2D eigenvalue weighted by Gasteiger charge is 2.23. The van der Waals surface area contributed by atoms with Crippen molar-refractivity contribution in [2.75, 3.05) is 13.1 Å². The van der Waals surface area contributed by atoms with Gasteiger partial charge < -0.3 is 10.6 Å². The number of amides is 1. The average Bonchev–Trinajstić information content (AvgIpc) is 3.02. The highest BCUT2D eigenvalue weighted by Crippen LogP contribution is 2.23. The molecule has 0 bridgehead atoms. The predicted molar refractivity (Wildman–Crippen MR) is 101 cm³/mol. The average molecular weight is 384 g/mol. The molecule has 3 rings (SSSR count). The van der Waals surface area contributed by atoms with Crippen molar-refractivity contribution in [3.8, 4) is 5.69 Å². The van der Waals surface area contributed by atoms with Crippen LogP contribution in [-0.4, -0.2) is 39.8 Å². The zero-order valence-electron chi connectivity index (χ0n) is 14.3. The second-order valence-corrected chi connectivity index (χ2v) is 6.74. The first-order valence-corrected chi connectivity index (χ1v) is 8.67. The van der Waals surface area contributed by atoms with Crippen LogP contribution >= 0.6 is 24.0 Å². The van der Waals surface area contributed by atoms with Crippen LogP contribution in [0.15, 0.2) is 24.3 Å². The zero-order chi connectivity index (χ0) is 17.1. The Kier molecular flexibility index (Phi) is 6.81. The van der Waals surface area contributed by atoms with Crippen LogP contribution in [0.1, 0.15) is 49.1 Å². The monoisotopic (exact) mass is 383 g/mol. The Hall–Kier alpha value is -1.63. The van der Waals surface area contributed by atoms with E-state index in [-0.39, 0.29) is 36.1 Å². The van der Waals surface area contributed by atoms with Gasteiger partial charge in [-0.25, -0.2) is 9.67 Å². The van der Waals surface area contributed by atoms with Gasteiger partial charge in [-0.3, -0.25) is 4.79 Å². The molecule has 136 valence electrons. The molecule has 2 N–H and O–H groups in total. The fourth-order valence-electron chi connectivity index (χ4n) is 2.82. The number of para-hydroxylation sites is 1. The van der Waals surface area contributed by atoms with Gasteiger partial charge in [0, 0.05) is 18.5 Å². The number of benzene rings is 1. The molecule has 1 aliphatic heterocycles. The molecule has 1 aromatic carbocycles. The maximum absolute atomic E-state index is 12.5. The minimum atomic E-state index is -0.239. The molecule has 1 saturated heterocycles. The van der Waals surface area contributed by atoms with Crippen LogP contribution in [0.3, 0.4) is 0 Å². The third-order valence-corrected chi connectivity index (χ3v) is 4.38. The van der Waals surface area contributed by atoms with E-state index in [4.69, 9.17) is 11.6 Å². The van der Waals surface area contributed by atoms with Gasteiger partial charge in [-0.1, -0.05) is 37.6 Å². The number of hydrogen-bond donors (Lipinski definition) is 2. The molecule has 1 amide bonds. The lowest BCUT2D eigenvalue weighted by molar-refractivity contribution is 0.0920. The second-order valence-electron chi connectivity index (χ2n) is 6.33. The summed E-state index contributed by atoms with van der Waals surface area (Å²) in [6.07, 6.45) is 2.03. The highest BCUT2D eigenvalue weighted by atomic mass is 35.5. The molecule has 0 aliphatic carbocycles. The van der Waals surface area contributed by atoms with Crippen molar-refractivity contribution in [1.29, 1.82) is 0 Å². The molecule has 6 nitrogen and oxygen atoms in total. The number of carbonyl (C=O) groups is 1. The quantitative estimate of drug-likeness (QED) is 0.850. The van der Waals surface area contributed by atoms with Gasteiger partial charge in [-0.05, 0) is 31.5 Å². The maximum atomic E-state index is 12.5. The van der Waals surface area contributed by atoms with Crippen LogP contribution in [0.25, 0.3) is 5.69 Å². The van der Waals surface area contributed by atoms with E-state index in [0.717, 1.165) is 37.4 Å². The summed E-state index contributed by atoms with van der Waals surface area (Å²) in [7, 11) is 0. The van der Waals surface area contributed by atoms with Gasteiger partial charge in [0.25, 0.3) is 5.91 Å². The van der Waals surface area contributed by atoms with Crippen molar-refractivity contribution in [2.45, 2.75) is 38.6 Å². The molecule has 1 atom stereocenters. The van der Waals surface area contributed by atoms with Gasteiger partial charge in [0.15, 0.2) is 0 Å². The van der Waals surface area contributed by atoms with E-state index in [2.05, 4.69) is 20.7 Å². The van der Waals surface area contributed by atoms with Crippen LogP contribution < -0.4 is 10.6 Å². The minimum absolute atomic E-state index is 0. The Labute approximate surface area is 158 Å². The predicted octanol–water partition coefficient (Wildman–Crippen LogP) is 2.95. The molecule has 0 unspecified atom stereocenters. The normalized spacial score (nSPS) is 17.2. The van der Waals surface area contributed by atoms with Gasteiger partial charge in [-0.15, -0.1) is 17.5 Å². The van der Waals surface area contributed by atoms with Gasteiger partial charge in [0.2, 0.25) is 5.82 Å². The molecule has 8 heteroatoms. The van der Waals surface area contributed by atoms with Crippen molar-refractivity contribution >= 4 is 29.9 Å². The fourth-order valence-corrected chi connectivity index (χ4v) is 3.04. The topological polar surface area (TPSA) is 71.8 Å². The van der Waals surface area contributed by atoms with E-state index in [0.29, 0.717) is 5.02 Å². The first-order valence-electron chi connectivity index (χ1n) is 8.29. The van der Waals surface area contributed by atoms with Crippen molar-refractivity contribution in [2.24, 2.45) is 0 Å². The van der Waals surface area contributed by atoms with Gasteiger partial charge in [0.1, 0.15) is 5.82 Å². The Morgan fingerprint density at radius 2 is 2.16 bits per heavy atom. The number of hydrogen-bond acceptors (Lipinski definition) is 4. The molecular weight excluding hydrogens is 361 g/mol. The minimum Gasteiger partial charge on any atom is -0.345 e. The van der Waals surface area contributed by atoms with Crippen LogP contribution in [0.4, 0.5) is 0 Å². The zero-order valence-corrected chi connectivity index (χ0v) is 15.9. The standard InChI is InChI=1S/C17H22ClN5O.ClH/c1-11(2)16-21-15(17(24)20-12-6-5-9-19-10-12)22-23(16)14-8-4-3-7-13(14)18;/h3-4,7-8,11-12,19H,5-6,9-10H2,1-2H3,(H,20,24);1H/t12-;/m0./s1. The summed E-state index contributed by atoms with van der Waals surface area (Å²) < 4.78 is 1.67. The molecule has 0 radical (unpaired) electrons. The second kappa shape index (κ2) is 8.65. The lowest BCUT2D eigenvalue weighted by atomic mass is 10.1. The fraction of sp³-hybridized carbons (Fsp3) is 0.471. The lowest BCUT2D eigenvalue weighted by Gasteiger charge is -2.23. The van der Waals surface area contributed by atoms with Crippen LogP contribution in [-0.2, 0) is 0 Å². The number of carbonyl (C=O) groups excluding carboxylic acids is 1. The summed E-state index contributed by atoms with van der Waals surface area (Å²) in [5.74, 6) is 0.780. The molecule has 2 aromatic rings. The molecule has 1 aromatic heterocycles. The van der Waals surface area contributed by atoms with E-state index < -0.39 is 0 Å². The van der Waals surface area contributed by atoms with Crippen molar-refractivity contribution in [1.82, 2.24) is 25.4 Å².